The average Bonchev–Trinajstić information content (AvgIpc) is 3.11. The van der Waals surface area contributed by atoms with E-state index < -0.39 is 0 Å². The first-order chi connectivity index (χ1) is 9.85. The van der Waals surface area contributed by atoms with Crippen LogP contribution in [0.5, 0.6) is 0 Å². The molecule has 1 atom stereocenters. The molecule has 0 spiro atoms. The third kappa shape index (κ3) is 3.05. The van der Waals surface area contributed by atoms with E-state index in [4.69, 9.17) is 0 Å². The molecule has 2 heterocycles. The molecule has 1 fully saturated rings. The van der Waals surface area contributed by atoms with E-state index in [-0.39, 0.29) is 0 Å². The fourth-order valence-electron chi connectivity index (χ4n) is 2.79. The summed E-state index contributed by atoms with van der Waals surface area (Å²) in [7, 11) is 2.02. The lowest BCUT2D eigenvalue weighted by Crippen LogP contribution is -2.24. The van der Waals surface area contributed by atoms with Crippen molar-refractivity contribution in [2.45, 2.75) is 13.0 Å². The molecule has 5 nitrogen and oxygen atoms in total. The molecule has 1 aromatic heterocycles. The molecule has 1 aromatic carbocycles. The molecular weight excluding hydrogens is 250 g/mol. The van der Waals surface area contributed by atoms with Gasteiger partial charge in [0.05, 0.1) is 17.6 Å². The van der Waals surface area contributed by atoms with Crippen molar-refractivity contribution < 1.29 is 0 Å². The Morgan fingerprint density at radius 2 is 2.15 bits per heavy atom. The zero-order chi connectivity index (χ0) is 13.8. The first-order valence-corrected chi connectivity index (χ1v) is 7.19. The van der Waals surface area contributed by atoms with Crippen LogP contribution < -0.4 is 5.32 Å². The van der Waals surface area contributed by atoms with Gasteiger partial charge < -0.3 is 5.32 Å². The Balaban J connectivity index is 1.61. The summed E-state index contributed by atoms with van der Waals surface area (Å²) < 4.78 is 0. The molecule has 3 rings (SSSR count). The van der Waals surface area contributed by atoms with E-state index in [0.29, 0.717) is 0 Å². The quantitative estimate of drug-likeness (QED) is 0.890. The SMILES string of the molecule is CNCC1CCN(Cc2cnn(-c3ccccc3)n2)C1. The monoisotopic (exact) mass is 271 g/mol. The Bertz CT molecular complexity index is 536. The minimum atomic E-state index is 0.768. The predicted octanol–water partition coefficient (Wildman–Crippen LogP) is 1.31. The Morgan fingerprint density at radius 3 is 2.95 bits per heavy atom. The molecule has 1 unspecified atom stereocenters. The Morgan fingerprint density at radius 1 is 1.30 bits per heavy atom. The Labute approximate surface area is 119 Å². The lowest BCUT2D eigenvalue weighted by molar-refractivity contribution is 0.311. The van der Waals surface area contributed by atoms with Gasteiger partial charge in [0.1, 0.15) is 0 Å². The minimum absolute atomic E-state index is 0.768. The van der Waals surface area contributed by atoms with Crippen LogP contribution in [-0.2, 0) is 6.54 Å². The number of rotatable bonds is 5. The highest BCUT2D eigenvalue weighted by atomic mass is 15.5. The first-order valence-electron chi connectivity index (χ1n) is 7.19. The van der Waals surface area contributed by atoms with Gasteiger partial charge in [-0.2, -0.15) is 15.0 Å². The van der Waals surface area contributed by atoms with Crippen molar-refractivity contribution in [1.29, 1.82) is 0 Å². The van der Waals surface area contributed by atoms with Gasteiger partial charge in [0.2, 0.25) is 0 Å². The van der Waals surface area contributed by atoms with Crippen molar-refractivity contribution in [2.24, 2.45) is 5.92 Å². The standard InChI is InChI=1S/C15H21N5/c1-16-9-13-7-8-19(11-13)12-14-10-17-20(18-14)15-5-3-2-4-6-15/h2-6,10,13,16H,7-9,11-12H2,1H3. The molecule has 20 heavy (non-hydrogen) atoms. The van der Waals surface area contributed by atoms with Gasteiger partial charge in [-0.25, -0.2) is 0 Å². The normalized spacial score (nSPS) is 19.6. The number of para-hydroxylation sites is 1. The lowest BCUT2D eigenvalue weighted by atomic mass is 10.1. The van der Waals surface area contributed by atoms with Gasteiger partial charge >= 0.3 is 0 Å². The molecule has 0 radical (unpaired) electrons. The second kappa shape index (κ2) is 6.15. The highest BCUT2D eigenvalue weighted by molar-refractivity contribution is 5.28. The van der Waals surface area contributed by atoms with Gasteiger partial charge in [0.15, 0.2) is 0 Å². The van der Waals surface area contributed by atoms with Crippen LogP contribution in [0, 0.1) is 5.92 Å². The molecule has 0 saturated carbocycles. The maximum absolute atomic E-state index is 4.56. The second-order valence-electron chi connectivity index (χ2n) is 5.41. The molecule has 1 aliphatic rings. The van der Waals surface area contributed by atoms with Gasteiger partial charge in [0.25, 0.3) is 0 Å². The molecule has 5 heteroatoms. The zero-order valence-corrected chi connectivity index (χ0v) is 11.9. The van der Waals surface area contributed by atoms with Crippen LogP contribution in [-0.4, -0.2) is 46.6 Å². The first kappa shape index (κ1) is 13.3. The van der Waals surface area contributed by atoms with Crippen molar-refractivity contribution in [3.05, 3.63) is 42.2 Å². The third-order valence-corrected chi connectivity index (χ3v) is 3.77. The molecule has 0 bridgehead atoms. The fourth-order valence-corrected chi connectivity index (χ4v) is 2.79. The van der Waals surface area contributed by atoms with Crippen molar-refractivity contribution >= 4 is 0 Å². The summed E-state index contributed by atoms with van der Waals surface area (Å²) in [5.74, 6) is 0.768. The number of aromatic nitrogens is 3. The maximum atomic E-state index is 4.56. The summed E-state index contributed by atoms with van der Waals surface area (Å²) in [6.07, 6.45) is 3.14. The Hall–Kier alpha value is -1.72. The van der Waals surface area contributed by atoms with E-state index in [1.807, 2.05) is 43.6 Å². The number of likely N-dealkylation sites (tertiary alicyclic amines) is 1. The van der Waals surface area contributed by atoms with E-state index >= 15 is 0 Å². The fraction of sp³-hybridized carbons (Fsp3) is 0.467. The van der Waals surface area contributed by atoms with Gasteiger partial charge in [-0.3, -0.25) is 4.90 Å². The van der Waals surface area contributed by atoms with E-state index in [9.17, 15) is 0 Å². The maximum Gasteiger partial charge on any atom is 0.0971 e. The molecule has 1 N–H and O–H groups in total. The van der Waals surface area contributed by atoms with E-state index in [2.05, 4.69) is 20.4 Å². The van der Waals surface area contributed by atoms with E-state index in [0.717, 1.165) is 43.5 Å². The van der Waals surface area contributed by atoms with Crippen molar-refractivity contribution in [3.8, 4) is 5.69 Å². The molecule has 0 aliphatic carbocycles. The number of benzene rings is 1. The van der Waals surface area contributed by atoms with E-state index in [1.54, 1.807) is 4.80 Å². The molecule has 1 aliphatic heterocycles. The lowest BCUT2D eigenvalue weighted by Gasteiger charge is -2.13. The topological polar surface area (TPSA) is 46.0 Å². The second-order valence-corrected chi connectivity index (χ2v) is 5.41. The number of hydrogen-bond donors (Lipinski definition) is 1. The van der Waals surface area contributed by atoms with Crippen molar-refractivity contribution in [3.63, 3.8) is 0 Å². The molecule has 0 amide bonds. The van der Waals surface area contributed by atoms with Gasteiger partial charge in [-0.05, 0) is 44.6 Å². The third-order valence-electron chi connectivity index (χ3n) is 3.77. The molecule has 1 saturated heterocycles. The van der Waals surface area contributed by atoms with Crippen LogP contribution in [0.1, 0.15) is 12.1 Å². The predicted molar refractivity (Wildman–Crippen MR) is 78.7 cm³/mol. The summed E-state index contributed by atoms with van der Waals surface area (Å²) in [5, 5.41) is 12.2. The van der Waals surface area contributed by atoms with Crippen LogP contribution in [0.4, 0.5) is 0 Å². The number of nitrogens with one attached hydrogen (secondary N) is 1. The summed E-state index contributed by atoms with van der Waals surface area (Å²) in [6, 6.07) is 10.0. The minimum Gasteiger partial charge on any atom is -0.319 e. The number of nitrogens with zero attached hydrogens (tertiary/aromatic N) is 4. The van der Waals surface area contributed by atoms with E-state index in [1.165, 1.54) is 6.42 Å². The van der Waals surface area contributed by atoms with Gasteiger partial charge in [-0.1, -0.05) is 18.2 Å². The van der Waals surface area contributed by atoms with Crippen LogP contribution in [0.15, 0.2) is 36.5 Å². The summed E-state index contributed by atoms with van der Waals surface area (Å²) in [6.45, 7) is 4.31. The number of hydrogen-bond acceptors (Lipinski definition) is 4. The molecular formula is C15H21N5. The van der Waals surface area contributed by atoms with Crippen LogP contribution in [0.3, 0.4) is 0 Å². The van der Waals surface area contributed by atoms with Crippen molar-refractivity contribution in [2.75, 3.05) is 26.7 Å². The van der Waals surface area contributed by atoms with Gasteiger partial charge in [-0.15, -0.1) is 0 Å². The summed E-state index contributed by atoms with van der Waals surface area (Å²) in [4.78, 5) is 4.16. The van der Waals surface area contributed by atoms with Gasteiger partial charge in [0, 0.05) is 13.1 Å². The van der Waals surface area contributed by atoms with Crippen LogP contribution in [0.2, 0.25) is 0 Å². The zero-order valence-electron chi connectivity index (χ0n) is 11.9. The summed E-state index contributed by atoms with van der Waals surface area (Å²) >= 11 is 0. The summed E-state index contributed by atoms with van der Waals surface area (Å²) in [5.41, 5.74) is 2.05. The highest BCUT2D eigenvalue weighted by Crippen LogP contribution is 2.17. The highest BCUT2D eigenvalue weighted by Gasteiger charge is 2.22. The van der Waals surface area contributed by atoms with Crippen LogP contribution in [0.25, 0.3) is 5.69 Å². The average molecular weight is 271 g/mol. The largest absolute Gasteiger partial charge is 0.319 e. The molecule has 2 aromatic rings. The van der Waals surface area contributed by atoms with Crippen LogP contribution >= 0.6 is 0 Å². The Kier molecular flexibility index (Phi) is 4.08. The van der Waals surface area contributed by atoms with Crippen molar-refractivity contribution in [1.82, 2.24) is 25.2 Å². The smallest absolute Gasteiger partial charge is 0.0971 e. The molecule has 106 valence electrons.